The number of rotatable bonds is 5. The first-order valence-electron chi connectivity index (χ1n) is 9.31. The van der Waals surface area contributed by atoms with Gasteiger partial charge in [-0.25, -0.2) is 4.68 Å². The van der Waals surface area contributed by atoms with E-state index in [1.165, 1.54) is 5.56 Å². The van der Waals surface area contributed by atoms with Crippen LogP contribution in [-0.2, 0) is 13.0 Å². The molecule has 1 aromatic heterocycles. The molecule has 1 amide bonds. The maximum absolute atomic E-state index is 13.1. The summed E-state index contributed by atoms with van der Waals surface area (Å²) in [4.78, 5) is 15.1. The summed E-state index contributed by atoms with van der Waals surface area (Å²) in [7, 11) is 0. The van der Waals surface area contributed by atoms with E-state index in [9.17, 15) is 4.79 Å². The summed E-state index contributed by atoms with van der Waals surface area (Å²) < 4.78 is 1.74. The van der Waals surface area contributed by atoms with Gasteiger partial charge in [-0.3, -0.25) is 4.79 Å². The number of aromatic nitrogens is 2. The SMILES string of the molecule is O=C(c1ccccc1-n1cccn1)N1CC[C@@H](Cc2ccc(CO)cc2)C1. The number of hydrogen-bond acceptors (Lipinski definition) is 3. The molecule has 1 N–H and O–H groups in total. The number of hydrogen-bond donors (Lipinski definition) is 1. The van der Waals surface area contributed by atoms with Crippen molar-refractivity contribution >= 4 is 5.91 Å². The van der Waals surface area contributed by atoms with Crippen LogP contribution in [-0.4, -0.2) is 38.8 Å². The zero-order valence-corrected chi connectivity index (χ0v) is 15.2. The lowest BCUT2D eigenvalue weighted by molar-refractivity contribution is 0.0787. The highest BCUT2D eigenvalue weighted by atomic mass is 16.3. The monoisotopic (exact) mass is 361 g/mol. The van der Waals surface area contributed by atoms with Crippen molar-refractivity contribution in [1.82, 2.24) is 14.7 Å². The van der Waals surface area contributed by atoms with Gasteiger partial charge in [-0.1, -0.05) is 36.4 Å². The van der Waals surface area contributed by atoms with Crippen molar-refractivity contribution in [3.05, 3.63) is 83.7 Å². The summed E-state index contributed by atoms with van der Waals surface area (Å²) in [6.45, 7) is 1.63. The van der Waals surface area contributed by atoms with E-state index in [1.807, 2.05) is 53.6 Å². The summed E-state index contributed by atoms with van der Waals surface area (Å²) >= 11 is 0. The highest BCUT2D eigenvalue weighted by Gasteiger charge is 2.28. The molecule has 2 aromatic carbocycles. The van der Waals surface area contributed by atoms with Crippen LogP contribution in [0.1, 0.15) is 27.9 Å². The number of likely N-dealkylation sites (tertiary alicyclic amines) is 1. The number of carbonyl (C=O) groups excluding carboxylic acids is 1. The first-order valence-corrected chi connectivity index (χ1v) is 9.31. The average Bonchev–Trinajstić information content (AvgIpc) is 3.40. The molecule has 0 radical (unpaired) electrons. The third-order valence-corrected chi connectivity index (χ3v) is 5.19. The largest absolute Gasteiger partial charge is 0.392 e. The van der Waals surface area contributed by atoms with E-state index in [-0.39, 0.29) is 12.5 Å². The molecule has 1 fully saturated rings. The Morgan fingerprint density at radius 2 is 1.85 bits per heavy atom. The summed E-state index contributed by atoms with van der Waals surface area (Å²) in [5, 5.41) is 13.4. The lowest BCUT2D eigenvalue weighted by Gasteiger charge is -2.19. The number of amides is 1. The van der Waals surface area contributed by atoms with Gasteiger partial charge >= 0.3 is 0 Å². The van der Waals surface area contributed by atoms with Gasteiger partial charge in [-0.05, 0) is 48.1 Å². The number of benzene rings is 2. The third-order valence-electron chi connectivity index (χ3n) is 5.19. The van der Waals surface area contributed by atoms with Crippen LogP contribution in [0.15, 0.2) is 67.0 Å². The molecule has 0 unspecified atom stereocenters. The highest BCUT2D eigenvalue weighted by molar-refractivity contribution is 5.97. The van der Waals surface area contributed by atoms with Gasteiger partial charge in [0.05, 0.1) is 17.9 Å². The van der Waals surface area contributed by atoms with Gasteiger partial charge in [-0.15, -0.1) is 0 Å². The number of aliphatic hydroxyl groups excluding tert-OH is 1. The zero-order valence-electron chi connectivity index (χ0n) is 15.2. The number of para-hydroxylation sites is 1. The molecular formula is C22H23N3O2. The Labute approximate surface area is 158 Å². The van der Waals surface area contributed by atoms with Gasteiger partial charge < -0.3 is 10.0 Å². The summed E-state index contributed by atoms with van der Waals surface area (Å²) in [5.74, 6) is 0.532. The zero-order chi connectivity index (χ0) is 18.6. The van der Waals surface area contributed by atoms with Crippen LogP contribution in [0.2, 0.25) is 0 Å². The van der Waals surface area contributed by atoms with E-state index < -0.39 is 0 Å². The van der Waals surface area contributed by atoms with E-state index in [0.29, 0.717) is 11.5 Å². The Hall–Kier alpha value is -2.92. The standard InChI is InChI=1S/C22H23N3O2/c26-16-18-8-6-17(7-9-18)14-19-10-13-24(15-19)22(27)20-4-1-2-5-21(20)25-12-3-11-23-25/h1-9,11-12,19,26H,10,13-16H2/t19-/m0/s1. The first-order chi connectivity index (χ1) is 13.2. The van der Waals surface area contributed by atoms with E-state index in [4.69, 9.17) is 5.11 Å². The van der Waals surface area contributed by atoms with Crippen molar-refractivity contribution in [3.63, 3.8) is 0 Å². The predicted octanol–water partition coefficient (Wildman–Crippen LogP) is 3.07. The van der Waals surface area contributed by atoms with Gasteiger partial charge in [0, 0.05) is 25.5 Å². The topological polar surface area (TPSA) is 58.4 Å². The predicted molar refractivity (Wildman–Crippen MR) is 104 cm³/mol. The number of nitrogens with zero attached hydrogens (tertiary/aromatic N) is 3. The molecule has 5 nitrogen and oxygen atoms in total. The Kier molecular flexibility index (Phi) is 5.03. The molecule has 138 valence electrons. The third kappa shape index (κ3) is 3.78. The molecular weight excluding hydrogens is 338 g/mol. The van der Waals surface area contributed by atoms with Gasteiger partial charge in [-0.2, -0.15) is 5.10 Å². The quantitative estimate of drug-likeness (QED) is 0.760. The van der Waals surface area contributed by atoms with Crippen molar-refractivity contribution in [2.75, 3.05) is 13.1 Å². The van der Waals surface area contributed by atoms with Crippen molar-refractivity contribution < 1.29 is 9.90 Å². The van der Waals surface area contributed by atoms with E-state index in [1.54, 1.807) is 10.9 Å². The Morgan fingerprint density at radius 3 is 2.59 bits per heavy atom. The van der Waals surface area contributed by atoms with Crippen LogP contribution in [0, 0.1) is 5.92 Å². The van der Waals surface area contributed by atoms with Crippen molar-refractivity contribution in [2.24, 2.45) is 5.92 Å². The van der Waals surface area contributed by atoms with Crippen LogP contribution in [0.4, 0.5) is 0 Å². The maximum atomic E-state index is 13.1. The van der Waals surface area contributed by atoms with Gasteiger partial charge in [0.15, 0.2) is 0 Å². The molecule has 1 saturated heterocycles. The highest BCUT2D eigenvalue weighted by Crippen LogP contribution is 2.24. The fraction of sp³-hybridized carbons (Fsp3) is 0.273. The molecule has 0 bridgehead atoms. The lowest BCUT2D eigenvalue weighted by atomic mass is 9.98. The molecule has 1 atom stereocenters. The lowest BCUT2D eigenvalue weighted by Crippen LogP contribution is -2.30. The summed E-state index contributed by atoms with van der Waals surface area (Å²) in [5.41, 5.74) is 3.69. The molecule has 5 heteroatoms. The molecule has 2 heterocycles. The van der Waals surface area contributed by atoms with E-state index in [0.717, 1.165) is 37.2 Å². The van der Waals surface area contributed by atoms with Crippen molar-refractivity contribution in [2.45, 2.75) is 19.4 Å². The van der Waals surface area contributed by atoms with Crippen LogP contribution in [0.3, 0.4) is 0 Å². The normalized spacial score (nSPS) is 16.6. The summed E-state index contributed by atoms with van der Waals surface area (Å²) in [6, 6.07) is 17.6. The minimum Gasteiger partial charge on any atom is -0.392 e. The van der Waals surface area contributed by atoms with Gasteiger partial charge in [0.1, 0.15) is 0 Å². The Balaban J connectivity index is 1.45. The second-order valence-electron chi connectivity index (χ2n) is 7.05. The molecule has 27 heavy (non-hydrogen) atoms. The average molecular weight is 361 g/mol. The van der Waals surface area contributed by atoms with Crippen molar-refractivity contribution in [3.8, 4) is 5.69 Å². The second kappa shape index (κ2) is 7.76. The Bertz CT molecular complexity index is 904. The fourth-order valence-electron chi connectivity index (χ4n) is 3.73. The fourth-order valence-corrected chi connectivity index (χ4v) is 3.73. The van der Waals surface area contributed by atoms with Gasteiger partial charge in [0.25, 0.3) is 5.91 Å². The number of aliphatic hydroxyl groups is 1. The van der Waals surface area contributed by atoms with Gasteiger partial charge in [0.2, 0.25) is 0 Å². The van der Waals surface area contributed by atoms with Crippen LogP contribution in [0.25, 0.3) is 5.69 Å². The van der Waals surface area contributed by atoms with Crippen LogP contribution < -0.4 is 0 Å². The molecule has 3 aromatic rings. The smallest absolute Gasteiger partial charge is 0.256 e. The van der Waals surface area contributed by atoms with E-state index in [2.05, 4.69) is 17.2 Å². The molecule has 4 rings (SSSR count). The molecule has 1 aliphatic heterocycles. The van der Waals surface area contributed by atoms with E-state index >= 15 is 0 Å². The molecule has 1 aliphatic rings. The number of carbonyl (C=O) groups is 1. The first kappa shape index (κ1) is 17.5. The summed E-state index contributed by atoms with van der Waals surface area (Å²) in [6.07, 6.45) is 5.54. The molecule has 0 saturated carbocycles. The van der Waals surface area contributed by atoms with Crippen molar-refractivity contribution in [1.29, 1.82) is 0 Å². The van der Waals surface area contributed by atoms with Crippen LogP contribution in [0.5, 0.6) is 0 Å². The van der Waals surface area contributed by atoms with Crippen LogP contribution >= 0.6 is 0 Å². The minimum absolute atomic E-state index is 0.0687. The Morgan fingerprint density at radius 1 is 1.07 bits per heavy atom. The molecule has 0 aliphatic carbocycles. The molecule has 0 spiro atoms. The second-order valence-corrected chi connectivity index (χ2v) is 7.05. The maximum Gasteiger partial charge on any atom is 0.256 e. The minimum atomic E-state index is 0.0687.